The molecule has 0 bridgehead atoms. The molecule has 1 aliphatic carbocycles. The van der Waals surface area contributed by atoms with E-state index in [0.717, 1.165) is 35.5 Å². The lowest BCUT2D eigenvalue weighted by Gasteiger charge is -2.35. The fourth-order valence-electron chi connectivity index (χ4n) is 4.22. The van der Waals surface area contributed by atoms with Crippen LogP contribution in [0.3, 0.4) is 0 Å². The molecule has 0 amide bonds. The van der Waals surface area contributed by atoms with Crippen LogP contribution in [0.5, 0.6) is 0 Å². The van der Waals surface area contributed by atoms with Crippen LogP contribution in [-0.4, -0.2) is 10.7 Å². The lowest BCUT2D eigenvalue weighted by molar-refractivity contribution is 0.383. The summed E-state index contributed by atoms with van der Waals surface area (Å²) in [6.07, 6.45) is 6.21. The van der Waals surface area contributed by atoms with Gasteiger partial charge in [-0.25, -0.2) is 0 Å². The van der Waals surface area contributed by atoms with E-state index in [2.05, 4.69) is 29.3 Å². The summed E-state index contributed by atoms with van der Waals surface area (Å²) in [4.78, 5) is 7.95. The van der Waals surface area contributed by atoms with Gasteiger partial charge in [-0.05, 0) is 48.2 Å². The van der Waals surface area contributed by atoms with Gasteiger partial charge in [0.05, 0.1) is 18.2 Å². The number of H-pyrrole nitrogens is 1. The van der Waals surface area contributed by atoms with E-state index < -0.39 is 0 Å². The third kappa shape index (κ3) is 2.15. The molecule has 4 heteroatoms. The number of fused-ring (bicyclic) bond motifs is 2. The van der Waals surface area contributed by atoms with Crippen LogP contribution in [-0.2, 0) is 5.41 Å². The molecule has 1 aliphatic heterocycles. The number of aliphatic imine (C=N–C) groups is 1. The van der Waals surface area contributed by atoms with Crippen LogP contribution in [0, 0.1) is 22.7 Å². The molecule has 0 radical (unpaired) electrons. The van der Waals surface area contributed by atoms with Crippen LogP contribution < -0.4 is 0 Å². The molecule has 118 valence electrons. The van der Waals surface area contributed by atoms with Gasteiger partial charge in [-0.3, -0.25) is 4.99 Å². The second-order valence-electron chi connectivity index (χ2n) is 6.67. The molecule has 1 saturated carbocycles. The molecule has 0 saturated heterocycles. The monoisotopic (exact) mass is 314 g/mol. The zero-order valence-corrected chi connectivity index (χ0v) is 13.5. The van der Waals surface area contributed by atoms with Crippen LogP contribution in [0.4, 0.5) is 5.69 Å². The van der Waals surface area contributed by atoms with Crippen molar-refractivity contribution < 1.29 is 0 Å². The predicted molar refractivity (Wildman–Crippen MR) is 93.0 cm³/mol. The van der Waals surface area contributed by atoms with Gasteiger partial charge in [-0.15, -0.1) is 0 Å². The molecular formula is C20H18N4. The summed E-state index contributed by atoms with van der Waals surface area (Å²) in [5.74, 6) is 0. The van der Waals surface area contributed by atoms with Crippen LogP contribution in [0.25, 0.3) is 11.3 Å². The highest BCUT2D eigenvalue weighted by Crippen LogP contribution is 2.50. The first-order valence-electron chi connectivity index (χ1n) is 8.46. The number of aromatic nitrogens is 1. The van der Waals surface area contributed by atoms with Gasteiger partial charge in [0.15, 0.2) is 0 Å². The lowest BCUT2D eigenvalue weighted by Crippen LogP contribution is -2.35. The minimum Gasteiger partial charge on any atom is -0.346 e. The predicted octanol–water partition coefficient (Wildman–Crippen LogP) is 4.76. The van der Waals surface area contributed by atoms with Crippen molar-refractivity contribution in [2.24, 2.45) is 4.99 Å². The summed E-state index contributed by atoms with van der Waals surface area (Å²) in [6.45, 7) is 0. The number of hydrogen-bond donors (Lipinski definition) is 1. The van der Waals surface area contributed by atoms with Crippen molar-refractivity contribution in [3.8, 4) is 23.4 Å². The number of rotatable bonds is 2. The van der Waals surface area contributed by atoms with Crippen molar-refractivity contribution in [3.63, 3.8) is 0 Å². The molecular weight excluding hydrogens is 296 g/mol. The molecule has 2 heterocycles. The fraction of sp³-hybridized carbons (Fsp3) is 0.350. The van der Waals surface area contributed by atoms with Crippen molar-refractivity contribution in [2.75, 3.05) is 0 Å². The molecule has 4 rings (SSSR count). The summed E-state index contributed by atoms with van der Waals surface area (Å²) in [5.41, 5.74) is 5.86. The second kappa shape index (κ2) is 5.65. The average molecular weight is 314 g/mol. The minimum absolute atomic E-state index is 0.0516. The van der Waals surface area contributed by atoms with Gasteiger partial charge in [0.1, 0.15) is 11.8 Å². The van der Waals surface area contributed by atoms with E-state index in [9.17, 15) is 5.26 Å². The van der Waals surface area contributed by atoms with E-state index in [0.29, 0.717) is 12.1 Å². The zero-order chi connectivity index (χ0) is 16.6. The molecule has 1 spiro atoms. The van der Waals surface area contributed by atoms with Crippen molar-refractivity contribution in [3.05, 3.63) is 41.6 Å². The second-order valence-corrected chi connectivity index (χ2v) is 6.67. The molecule has 1 N–H and O–H groups in total. The van der Waals surface area contributed by atoms with Crippen molar-refractivity contribution in [2.45, 2.75) is 43.9 Å². The maximum atomic E-state index is 9.22. The Morgan fingerprint density at radius 3 is 2.62 bits per heavy atom. The highest BCUT2D eigenvalue weighted by atomic mass is 14.8. The quantitative estimate of drug-likeness (QED) is 0.868. The smallest absolute Gasteiger partial charge is 0.118 e. The first-order valence-corrected chi connectivity index (χ1v) is 8.46. The van der Waals surface area contributed by atoms with Crippen molar-refractivity contribution >= 4 is 11.4 Å². The maximum absolute atomic E-state index is 9.22. The third-order valence-corrected chi connectivity index (χ3v) is 5.39. The molecule has 1 aromatic heterocycles. The van der Waals surface area contributed by atoms with E-state index in [1.165, 1.54) is 24.8 Å². The van der Waals surface area contributed by atoms with Crippen molar-refractivity contribution in [1.29, 1.82) is 10.5 Å². The van der Waals surface area contributed by atoms with Gasteiger partial charge < -0.3 is 4.98 Å². The van der Waals surface area contributed by atoms with E-state index in [1.54, 1.807) is 6.07 Å². The van der Waals surface area contributed by atoms with E-state index in [-0.39, 0.29) is 5.41 Å². The van der Waals surface area contributed by atoms with Gasteiger partial charge in [0, 0.05) is 16.8 Å². The topological polar surface area (TPSA) is 75.7 Å². The molecule has 0 atom stereocenters. The van der Waals surface area contributed by atoms with E-state index >= 15 is 0 Å². The summed E-state index contributed by atoms with van der Waals surface area (Å²) < 4.78 is 0. The highest BCUT2D eigenvalue weighted by Gasteiger charge is 2.43. The Bertz CT molecular complexity index is 898. The van der Waals surface area contributed by atoms with Gasteiger partial charge >= 0.3 is 0 Å². The van der Waals surface area contributed by atoms with Crippen LogP contribution >= 0.6 is 0 Å². The Balaban J connectivity index is 1.80. The molecule has 2 aromatic rings. The molecule has 1 aromatic carbocycles. The highest BCUT2D eigenvalue weighted by molar-refractivity contribution is 6.03. The van der Waals surface area contributed by atoms with Gasteiger partial charge in [-0.1, -0.05) is 25.3 Å². The largest absolute Gasteiger partial charge is 0.346 e. The van der Waals surface area contributed by atoms with Crippen LogP contribution in [0.15, 0.2) is 35.3 Å². The summed E-state index contributed by atoms with van der Waals surface area (Å²) >= 11 is 0. The standard InChI is InChI=1S/C20H18N4/c21-11-8-19-20(9-2-1-3-10-20)16-12-14(4-6-18(16)24-19)17-7-5-15(13-22)23-17/h4-7,12,23H,1-3,8-10H2. The number of nitrogens with zero attached hydrogens (tertiary/aromatic N) is 3. The molecule has 24 heavy (non-hydrogen) atoms. The van der Waals surface area contributed by atoms with Gasteiger partial charge in [0.25, 0.3) is 0 Å². The maximum Gasteiger partial charge on any atom is 0.118 e. The first kappa shape index (κ1) is 14.7. The number of nitriles is 2. The Labute approximate surface area is 141 Å². The molecule has 1 fully saturated rings. The number of benzene rings is 1. The zero-order valence-electron chi connectivity index (χ0n) is 13.5. The fourth-order valence-corrected chi connectivity index (χ4v) is 4.22. The Kier molecular flexibility index (Phi) is 3.47. The minimum atomic E-state index is -0.0516. The van der Waals surface area contributed by atoms with Crippen molar-refractivity contribution in [1.82, 2.24) is 4.98 Å². The number of hydrogen-bond acceptors (Lipinski definition) is 3. The van der Waals surface area contributed by atoms with Gasteiger partial charge in [-0.2, -0.15) is 10.5 Å². The average Bonchev–Trinajstić information content (AvgIpc) is 3.20. The lowest BCUT2D eigenvalue weighted by atomic mass is 9.66. The van der Waals surface area contributed by atoms with Crippen LogP contribution in [0.2, 0.25) is 0 Å². The van der Waals surface area contributed by atoms with E-state index in [4.69, 9.17) is 10.3 Å². The molecule has 2 aliphatic rings. The Hall–Kier alpha value is -2.85. The summed E-state index contributed by atoms with van der Waals surface area (Å²) in [6, 6.07) is 14.5. The van der Waals surface area contributed by atoms with Gasteiger partial charge in [0.2, 0.25) is 0 Å². The number of nitrogens with one attached hydrogen (secondary N) is 1. The number of aromatic amines is 1. The first-order chi connectivity index (χ1) is 11.8. The molecule has 0 unspecified atom stereocenters. The van der Waals surface area contributed by atoms with E-state index in [1.807, 2.05) is 12.1 Å². The SMILES string of the molecule is N#CCC1=Nc2ccc(-c3ccc(C#N)[nH]3)cc2C12CCCCC2. The Morgan fingerprint density at radius 2 is 1.92 bits per heavy atom. The molecule has 4 nitrogen and oxygen atoms in total. The normalized spacial score (nSPS) is 17.8. The summed E-state index contributed by atoms with van der Waals surface area (Å²) in [5, 5.41) is 18.2. The summed E-state index contributed by atoms with van der Waals surface area (Å²) in [7, 11) is 0. The third-order valence-electron chi connectivity index (χ3n) is 5.39. The Morgan fingerprint density at radius 1 is 1.08 bits per heavy atom. The van der Waals surface area contributed by atoms with Crippen LogP contribution in [0.1, 0.15) is 49.8 Å².